The molecular weight excluding hydrogens is 244 g/mol. The third kappa shape index (κ3) is 2.33. The Morgan fingerprint density at radius 1 is 1.35 bits per heavy atom. The Morgan fingerprint density at radius 3 is 2.76 bits per heavy atom. The van der Waals surface area contributed by atoms with E-state index in [0.29, 0.717) is 5.03 Å². The number of aromatic amines is 1. The summed E-state index contributed by atoms with van der Waals surface area (Å²) in [7, 11) is 1.56. The van der Waals surface area contributed by atoms with E-state index in [1.165, 1.54) is 17.1 Å². The molecule has 0 atom stereocenters. The van der Waals surface area contributed by atoms with E-state index in [-0.39, 0.29) is 11.0 Å². The molecule has 9 heteroatoms. The summed E-state index contributed by atoms with van der Waals surface area (Å²) >= 11 is 1.05. The van der Waals surface area contributed by atoms with Crippen LogP contribution in [0.4, 0.5) is 5.82 Å². The van der Waals surface area contributed by atoms with Gasteiger partial charge in [-0.05, 0) is 11.8 Å². The van der Waals surface area contributed by atoms with Gasteiger partial charge in [0, 0.05) is 19.4 Å². The van der Waals surface area contributed by atoms with Crippen LogP contribution in [0.5, 0.6) is 0 Å². The van der Waals surface area contributed by atoms with Crippen molar-refractivity contribution in [2.24, 2.45) is 7.05 Å². The molecule has 0 saturated carbocycles. The highest BCUT2D eigenvalue weighted by Gasteiger charge is 2.09. The summed E-state index contributed by atoms with van der Waals surface area (Å²) in [6.45, 7) is 0. The molecule has 2 aromatic rings. The van der Waals surface area contributed by atoms with Gasteiger partial charge in [0.25, 0.3) is 0 Å². The number of hydrogen-bond donors (Lipinski definition) is 2. The van der Waals surface area contributed by atoms with E-state index in [0.717, 1.165) is 11.8 Å². The van der Waals surface area contributed by atoms with Crippen LogP contribution in [0, 0.1) is 0 Å². The second-order valence-corrected chi connectivity index (χ2v) is 4.00. The van der Waals surface area contributed by atoms with Crippen molar-refractivity contribution in [3.8, 4) is 0 Å². The van der Waals surface area contributed by atoms with Gasteiger partial charge in [0.1, 0.15) is 5.03 Å². The minimum absolute atomic E-state index is 0.234. The lowest BCUT2D eigenvalue weighted by Crippen LogP contribution is -2.33. The standard InChI is InChI=1S/C8H8N6O2S/c1-14-8(12-5(15)6(16)13-14)17-7-4(9)10-2-3-11-7/h2-3H,1H3,(H2,9,10)(H,13,16). The SMILES string of the molecule is Cn1[nH]c(=O)c(=O)nc1Sc1nccnc1N. The van der Waals surface area contributed by atoms with E-state index < -0.39 is 11.1 Å². The van der Waals surface area contributed by atoms with E-state index >= 15 is 0 Å². The normalized spacial score (nSPS) is 10.4. The Bertz CT molecular complexity index is 664. The minimum atomic E-state index is -0.854. The Balaban J connectivity index is 2.44. The molecule has 0 aliphatic carbocycles. The van der Waals surface area contributed by atoms with Crippen molar-refractivity contribution in [3.05, 3.63) is 33.1 Å². The maximum atomic E-state index is 11.1. The molecule has 2 rings (SSSR count). The number of nitrogens with two attached hydrogens (primary N) is 1. The van der Waals surface area contributed by atoms with Gasteiger partial charge in [0.2, 0.25) is 0 Å². The fourth-order valence-electron chi connectivity index (χ4n) is 1.05. The van der Waals surface area contributed by atoms with Gasteiger partial charge in [0.15, 0.2) is 11.0 Å². The highest BCUT2D eigenvalue weighted by molar-refractivity contribution is 7.99. The lowest BCUT2D eigenvalue weighted by molar-refractivity contribution is 0.596. The maximum absolute atomic E-state index is 11.1. The fraction of sp³-hybridized carbons (Fsp3) is 0.125. The van der Waals surface area contributed by atoms with Gasteiger partial charge in [-0.1, -0.05) is 0 Å². The molecule has 0 aliphatic rings. The molecule has 8 nitrogen and oxygen atoms in total. The van der Waals surface area contributed by atoms with Crippen LogP contribution < -0.4 is 16.9 Å². The number of hydrogen-bond acceptors (Lipinski definition) is 7. The number of nitrogens with zero attached hydrogens (tertiary/aromatic N) is 4. The Kier molecular flexibility index (Phi) is 2.91. The predicted octanol–water partition coefficient (Wildman–Crippen LogP) is -1.01. The summed E-state index contributed by atoms with van der Waals surface area (Å²) in [5, 5.41) is 3.02. The second kappa shape index (κ2) is 4.37. The first kappa shape index (κ1) is 11.3. The van der Waals surface area contributed by atoms with Crippen LogP contribution >= 0.6 is 11.8 Å². The molecule has 0 saturated heterocycles. The zero-order valence-electron chi connectivity index (χ0n) is 8.75. The first-order valence-electron chi connectivity index (χ1n) is 4.49. The maximum Gasteiger partial charge on any atom is 0.339 e. The van der Waals surface area contributed by atoms with Crippen LogP contribution in [-0.4, -0.2) is 24.7 Å². The molecule has 0 amide bonds. The zero-order chi connectivity index (χ0) is 12.4. The molecule has 2 aromatic heterocycles. The van der Waals surface area contributed by atoms with Gasteiger partial charge in [-0.15, -0.1) is 0 Å². The highest BCUT2D eigenvalue weighted by Crippen LogP contribution is 2.25. The molecule has 0 bridgehead atoms. The topological polar surface area (TPSA) is 120 Å². The number of rotatable bonds is 2. The first-order chi connectivity index (χ1) is 8.08. The number of nitrogens with one attached hydrogen (secondary N) is 1. The minimum Gasteiger partial charge on any atom is -0.381 e. The third-order valence-corrected chi connectivity index (χ3v) is 2.88. The Morgan fingerprint density at radius 2 is 2.06 bits per heavy atom. The van der Waals surface area contributed by atoms with Gasteiger partial charge in [-0.25, -0.2) is 9.97 Å². The fourth-order valence-corrected chi connectivity index (χ4v) is 1.81. The van der Waals surface area contributed by atoms with Crippen molar-refractivity contribution >= 4 is 17.6 Å². The lowest BCUT2D eigenvalue weighted by atomic mass is 10.7. The molecule has 17 heavy (non-hydrogen) atoms. The molecule has 0 unspecified atom stereocenters. The van der Waals surface area contributed by atoms with Crippen molar-refractivity contribution in [1.29, 1.82) is 0 Å². The number of anilines is 1. The molecule has 0 aromatic carbocycles. The molecule has 3 N–H and O–H groups in total. The van der Waals surface area contributed by atoms with Gasteiger partial charge in [0.05, 0.1) is 0 Å². The van der Waals surface area contributed by atoms with Crippen LogP contribution in [-0.2, 0) is 7.05 Å². The smallest absolute Gasteiger partial charge is 0.339 e. The molecule has 88 valence electrons. The number of aryl methyl sites for hydroxylation is 1. The quantitative estimate of drug-likeness (QED) is 0.657. The summed E-state index contributed by atoms with van der Waals surface area (Å²) in [5.41, 5.74) is 3.98. The van der Waals surface area contributed by atoms with Gasteiger partial charge < -0.3 is 5.73 Å². The molecule has 0 radical (unpaired) electrons. The lowest BCUT2D eigenvalue weighted by Gasteiger charge is -2.05. The van der Waals surface area contributed by atoms with Gasteiger partial charge in [-0.2, -0.15) is 4.98 Å². The monoisotopic (exact) mass is 252 g/mol. The summed E-state index contributed by atoms with van der Waals surface area (Å²) in [5.74, 6) is 0.234. The van der Waals surface area contributed by atoms with Crippen molar-refractivity contribution in [2.75, 3.05) is 5.73 Å². The van der Waals surface area contributed by atoms with Crippen molar-refractivity contribution in [2.45, 2.75) is 10.2 Å². The van der Waals surface area contributed by atoms with Crippen LogP contribution in [0.3, 0.4) is 0 Å². The summed E-state index contributed by atoms with van der Waals surface area (Å²) in [4.78, 5) is 33.6. The molecule has 0 spiro atoms. The van der Waals surface area contributed by atoms with Gasteiger partial charge >= 0.3 is 11.1 Å². The summed E-state index contributed by atoms with van der Waals surface area (Å²) in [6.07, 6.45) is 2.93. The average Bonchev–Trinajstić information content (AvgIpc) is 2.29. The van der Waals surface area contributed by atoms with E-state index in [1.54, 1.807) is 7.05 Å². The molecular formula is C8H8N6O2S. The highest BCUT2D eigenvalue weighted by atomic mass is 32.2. The van der Waals surface area contributed by atoms with E-state index in [9.17, 15) is 9.59 Å². The van der Waals surface area contributed by atoms with E-state index in [4.69, 9.17) is 5.73 Å². The second-order valence-electron chi connectivity index (χ2n) is 3.05. The number of aromatic nitrogens is 5. The molecule has 2 heterocycles. The summed E-state index contributed by atoms with van der Waals surface area (Å²) < 4.78 is 1.32. The van der Waals surface area contributed by atoms with Crippen molar-refractivity contribution in [3.63, 3.8) is 0 Å². The van der Waals surface area contributed by atoms with E-state index in [2.05, 4.69) is 20.1 Å². The van der Waals surface area contributed by atoms with Crippen LogP contribution in [0.2, 0.25) is 0 Å². The van der Waals surface area contributed by atoms with Crippen molar-refractivity contribution < 1.29 is 0 Å². The first-order valence-corrected chi connectivity index (χ1v) is 5.31. The van der Waals surface area contributed by atoms with Crippen molar-refractivity contribution in [1.82, 2.24) is 24.7 Å². The van der Waals surface area contributed by atoms with Gasteiger partial charge in [-0.3, -0.25) is 19.4 Å². The Hall–Kier alpha value is -2.16. The average molecular weight is 252 g/mol. The van der Waals surface area contributed by atoms with E-state index in [1.807, 2.05) is 0 Å². The zero-order valence-corrected chi connectivity index (χ0v) is 9.56. The summed E-state index contributed by atoms with van der Waals surface area (Å²) in [6, 6.07) is 0. The third-order valence-electron chi connectivity index (χ3n) is 1.83. The molecule has 0 fully saturated rings. The largest absolute Gasteiger partial charge is 0.381 e. The number of nitrogen functional groups attached to an aromatic ring is 1. The predicted molar refractivity (Wildman–Crippen MR) is 60.7 cm³/mol. The Labute approximate surface area is 98.9 Å². The van der Waals surface area contributed by atoms with Crippen LogP contribution in [0.1, 0.15) is 0 Å². The molecule has 0 aliphatic heterocycles. The van der Waals surface area contributed by atoms with Crippen LogP contribution in [0.25, 0.3) is 0 Å². The number of H-pyrrole nitrogens is 1. The van der Waals surface area contributed by atoms with Crippen LogP contribution in [0.15, 0.2) is 32.2 Å².